The molecule has 0 aliphatic carbocycles. The molecule has 0 atom stereocenters. The molecule has 0 spiro atoms. The molecule has 0 amide bonds. The normalized spacial score (nSPS) is 10.9. The van der Waals surface area contributed by atoms with Crippen LogP contribution in [0.25, 0.3) is 0 Å². The van der Waals surface area contributed by atoms with E-state index in [-0.39, 0.29) is 5.69 Å². The van der Waals surface area contributed by atoms with Crippen LogP contribution in [0, 0.1) is 0 Å². The minimum absolute atomic E-state index is 0.0472. The van der Waals surface area contributed by atoms with Crippen molar-refractivity contribution in [2.24, 2.45) is 0 Å². The number of hydrogen-bond donors (Lipinski definition) is 0. The molecule has 84 valence electrons. The quantitative estimate of drug-likeness (QED) is 0.647. The summed E-state index contributed by atoms with van der Waals surface area (Å²) in [4.78, 5) is 3.73. The second-order valence-electron chi connectivity index (χ2n) is 3.66. The molecule has 3 heteroatoms. The minimum atomic E-state index is -2.45. The molecule has 15 heavy (non-hydrogen) atoms. The SMILES string of the molecule is CCCCCCc1cccnc1C(F)F. The van der Waals surface area contributed by atoms with E-state index in [2.05, 4.69) is 11.9 Å². The number of alkyl halides is 2. The average Bonchev–Trinajstić information content (AvgIpc) is 2.25. The number of hydrogen-bond acceptors (Lipinski definition) is 1. The lowest BCUT2D eigenvalue weighted by molar-refractivity contribution is 0.144. The van der Waals surface area contributed by atoms with Crippen molar-refractivity contribution in [3.63, 3.8) is 0 Å². The molecule has 1 aromatic rings. The molecule has 0 aliphatic rings. The number of rotatable bonds is 6. The molecule has 1 nitrogen and oxygen atoms in total. The number of aryl methyl sites for hydroxylation is 1. The van der Waals surface area contributed by atoms with Crippen molar-refractivity contribution in [2.75, 3.05) is 0 Å². The number of pyridine rings is 1. The van der Waals surface area contributed by atoms with Gasteiger partial charge in [0.2, 0.25) is 0 Å². The van der Waals surface area contributed by atoms with E-state index in [0.717, 1.165) is 19.3 Å². The summed E-state index contributed by atoms with van der Waals surface area (Å²) in [6.45, 7) is 2.13. The van der Waals surface area contributed by atoms with E-state index >= 15 is 0 Å². The zero-order chi connectivity index (χ0) is 11.1. The highest BCUT2D eigenvalue weighted by atomic mass is 19.3. The van der Waals surface area contributed by atoms with Gasteiger partial charge in [0.15, 0.2) is 0 Å². The Labute approximate surface area is 89.5 Å². The smallest absolute Gasteiger partial charge is 0.255 e. The van der Waals surface area contributed by atoms with Crippen LogP contribution in [0.3, 0.4) is 0 Å². The Morgan fingerprint density at radius 3 is 2.73 bits per heavy atom. The molecule has 0 radical (unpaired) electrons. The zero-order valence-electron chi connectivity index (χ0n) is 9.05. The Hall–Kier alpha value is -0.990. The standard InChI is InChI=1S/C12H17F2N/c1-2-3-4-5-7-10-8-6-9-15-11(10)12(13)14/h6,8-9,12H,2-5,7H2,1H3. The van der Waals surface area contributed by atoms with Crippen LogP contribution in [0.2, 0.25) is 0 Å². The van der Waals surface area contributed by atoms with Gasteiger partial charge in [0.05, 0.1) is 0 Å². The molecule has 0 N–H and O–H groups in total. The topological polar surface area (TPSA) is 12.9 Å². The first-order chi connectivity index (χ1) is 7.25. The first-order valence-corrected chi connectivity index (χ1v) is 5.47. The highest BCUT2D eigenvalue weighted by Crippen LogP contribution is 2.21. The first-order valence-electron chi connectivity index (χ1n) is 5.47. The van der Waals surface area contributed by atoms with Crippen molar-refractivity contribution in [1.82, 2.24) is 4.98 Å². The predicted molar refractivity (Wildman–Crippen MR) is 57.0 cm³/mol. The third-order valence-corrected chi connectivity index (χ3v) is 2.43. The molecule has 1 rings (SSSR count). The highest BCUT2D eigenvalue weighted by Gasteiger charge is 2.12. The third kappa shape index (κ3) is 3.94. The minimum Gasteiger partial charge on any atom is -0.255 e. The van der Waals surface area contributed by atoms with Crippen LogP contribution >= 0.6 is 0 Å². The second-order valence-corrected chi connectivity index (χ2v) is 3.66. The molecular formula is C12H17F2N. The molecule has 0 saturated heterocycles. The van der Waals surface area contributed by atoms with Crippen LogP contribution in [0.15, 0.2) is 18.3 Å². The Kier molecular flexibility index (Phi) is 5.22. The van der Waals surface area contributed by atoms with Crippen molar-refractivity contribution in [3.05, 3.63) is 29.6 Å². The van der Waals surface area contributed by atoms with E-state index in [1.165, 1.54) is 12.6 Å². The summed E-state index contributed by atoms with van der Waals surface area (Å²) in [6, 6.07) is 3.47. The molecule has 0 fully saturated rings. The van der Waals surface area contributed by atoms with Gasteiger partial charge in [-0.3, -0.25) is 4.98 Å². The highest BCUT2D eigenvalue weighted by molar-refractivity contribution is 5.20. The summed E-state index contributed by atoms with van der Waals surface area (Å²) in [6.07, 6.45) is 4.10. The fraction of sp³-hybridized carbons (Fsp3) is 0.583. The van der Waals surface area contributed by atoms with Gasteiger partial charge in [-0.05, 0) is 24.5 Å². The van der Waals surface area contributed by atoms with Crippen molar-refractivity contribution in [1.29, 1.82) is 0 Å². The average molecular weight is 213 g/mol. The lowest BCUT2D eigenvalue weighted by Crippen LogP contribution is -1.98. The van der Waals surface area contributed by atoms with E-state index in [1.807, 2.05) is 0 Å². The maximum atomic E-state index is 12.5. The number of nitrogens with zero attached hydrogens (tertiary/aromatic N) is 1. The maximum absolute atomic E-state index is 12.5. The second kappa shape index (κ2) is 6.49. The molecule has 0 bridgehead atoms. The molecule has 0 aliphatic heterocycles. The first kappa shape index (κ1) is 12.1. The predicted octanol–water partition coefficient (Wildman–Crippen LogP) is 4.14. The lowest BCUT2D eigenvalue weighted by atomic mass is 10.1. The Morgan fingerprint density at radius 1 is 1.27 bits per heavy atom. The van der Waals surface area contributed by atoms with Gasteiger partial charge in [-0.15, -0.1) is 0 Å². The molecule has 1 aromatic heterocycles. The van der Waals surface area contributed by atoms with Crippen molar-refractivity contribution < 1.29 is 8.78 Å². The Bertz CT molecular complexity index is 287. The maximum Gasteiger partial charge on any atom is 0.280 e. The fourth-order valence-electron chi connectivity index (χ4n) is 1.60. The van der Waals surface area contributed by atoms with Crippen LogP contribution in [-0.4, -0.2) is 4.98 Å². The Morgan fingerprint density at radius 2 is 2.07 bits per heavy atom. The van der Waals surface area contributed by atoms with Crippen LogP contribution in [-0.2, 0) is 6.42 Å². The third-order valence-electron chi connectivity index (χ3n) is 2.43. The van der Waals surface area contributed by atoms with Gasteiger partial charge in [-0.1, -0.05) is 32.3 Å². The Balaban J connectivity index is 2.52. The van der Waals surface area contributed by atoms with Crippen LogP contribution in [0.4, 0.5) is 8.78 Å². The van der Waals surface area contributed by atoms with E-state index in [4.69, 9.17) is 0 Å². The van der Waals surface area contributed by atoms with Crippen LogP contribution < -0.4 is 0 Å². The fourth-order valence-corrected chi connectivity index (χ4v) is 1.60. The largest absolute Gasteiger partial charge is 0.280 e. The van der Waals surface area contributed by atoms with E-state index in [9.17, 15) is 8.78 Å². The van der Waals surface area contributed by atoms with Crippen molar-refractivity contribution >= 4 is 0 Å². The molecular weight excluding hydrogens is 196 g/mol. The zero-order valence-corrected chi connectivity index (χ0v) is 9.05. The van der Waals surface area contributed by atoms with Gasteiger partial charge in [-0.25, -0.2) is 8.78 Å². The van der Waals surface area contributed by atoms with Gasteiger partial charge < -0.3 is 0 Å². The van der Waals surface area contributed by atoms with Gasteiger partial charge in [0.25, 0.3) is 6.43 Å². The summed E-state index contributed by atoms with van der Waals surface area (Å²) in [7, 11) is 0. The van der Waals surface area contributed by atoms with E-state index in [1.54, 1.807) is 12.1 Å². The molecule has 0 unspecified atom stereocenters. The summed E-state index contributed by atoms with van der Waals surface area (Å²) < 4.78 is 25.1. The van der Waals surface area contributed by atoms with Crippen molar-refractivity contribution in [3.8, 4) is 0 Å². The number of halogens is 2. The van der Waals surface area contributed by atoms with Crippen LogP contribution in [0.5, 0.6) is 0 Å². The van der Waals surface area contributed by atoms with Crippen LogP contribution in [0.1, 0.15) is 50.3 Å². The summed E-state index contributed by atoms with van der Waals surface area (Å²) in [5, 5.41) is 0. The van der Waals surface area contributed by atoms with Gasteiger partial charge >= 0.3 is 0 Å². The summed E-state index contributed by atoms with van der Waals surface area (Å²) in [5.74, 6) is 0. The van der Waals surface area contributed by atoms with E-state index < -0.39 is 6.43 Å². The molecule has 0 aromatic carbocycles. The summed E-state index contributed by atoms with van der Waals surface area (Å²) >= 11 is 0. The molecule has 1 heterocycles. The van der Waals surface area contributed by atoms with E-state index in [0.29, 0.717) is 12.0 Å². The number of aromatic nitrogens is 1. The van der Waals surface area contributed by atoms with Gasteiger partial charge in [0, 0.05) is 6.20 Å². The number of unbranched alkanes of at least 4 members (excludes halogenated alkanes) is 3. The molecule has 0 saturated carbocycles. The van der Waals surface area contributed by atoms with Crippen molar-refractivity contribution in [2.45, 2.75) is 45.5 Å². The summed E-state index contributed by atoms with van der Waals surface area (Å²) in [5.41, 5.74) is 0.651. The lowest BCUT2D eigenvalue weighted by Gasteiger charge is -2.06. The van der Waals surface area contributed by atoms with Gasteiger partial charge in [-0.2, -0.15) is 0 Å². The monoisotopic (exact) mass is 213 g/mol. The van der Waals surface area contributed by atoms with Gasteiger partial charge in [0.1, 0.15) is 5.69 Å².